The highest BCUT2D eigenvalue weighted by molar-refractivity contribution is 6.00. The van der Waals surface area contributed by atoms with E-state index in [0.29, 0.717) is 5.56 Å². The second kappa shape index (κ2) is 4.93. The standard InChI is InChI=1S/C16H13F2NO2/c1-19-14-5-3-9(6-11(14)8-15(19)20)16(21)10-2-4-12(17)13(18)7-10/h2-7,16,21H,8H2,1H3. The Balaban J connectivity index is 1.96. The smallest absolute Gasteiger partial charge is 0.231 e. The topological polar surface area (TPSA) is 40.5 Å². The van der Waals surface area contributed by atoms with Crippen LogP contribution in [0, 0.1) is 11.6 Å². The zero-order valence-electron chi connectivity index (χ0n) is 11.3. The van der Waals surface area contributed by atoms with Gasteiger partial charge in [-0.15, -0.1) is 0 Å². The van der Waals surface area contributed by atoms with E-state index in [4.69, 9.17) is 0 Å². The van der Waals surface area contributed by atoms with Crippen LogP contribution >= 0.6 is 0 Å². The maximum Gasteiger partial charge on any atom is 0.231 e. The number of hydrogen-bond donors (Lipinski definition) is 1. The first-order chi connectivity index (χ1) is 9.97. The number of halogens is 2. The molecule has 0 aromatic heterocycles. The van der Waals surface area contributed by atoms with Crippen molar-refractivity contribution in [3.8, 4) is 0 Å². The molecular formula is C16H13F2NO2. The van der Waals surface area contributed by atoms with E-state index in [9.17, 15) is 18.7 Å². The molecule has 5 heteroatoms. The highest BCUT2D eigenvalue weighted by Gasteiger charge is 2.25. The quantitative estimate of drug-likeness (QED) is 0.923. The second-order valence-corrected chi connectivity index (χ2v) is 5.09. The van der Waals surface area contributed by atoms with E-state index in [1.165, 1.54) is 6.07 Å². The van der Waals surface area contributed by atoms with Crippen LogP contribution < -0.4 is 4.90 Å². The summed E-state index contributed by atoms with van der Waals surface area (Å²) in [6.45, 7) is 0. The average molecular weight is 289 g/mol. The lowest BCUT2D eigenvalue weighted by molar-refractivity contribution is -0.117. The van der Waals surface area contributed by atoms with E-state index in [2.05, 4.69) is 0 Å². The average Bonchev–Trinajstić information content (AvgIpc) is 2.76. The van der Waals surface area contributed by atoms with Crippen LogP contribution in [0.5, 0.6) is 0 Å². The minimum absolute atomic E-state index is 0.00975. The highest BCUT2D eigenvalue weighted by Crippen LogP contribution is 2.32. The van der Waals surface area contributed by atoms with Gasteiger partial charge in [-0.1, -0.05) is 18.2 Å². The number of anilines is 1. The molecule has 0 bridgehead atoms. The molecule has 0 spiro atoms. The van der Waals surface area contributed by atoms with Crippen molar-refractivity contribution in [2.24, 2.45) is 0 Å². The molecule has 1 N–H and O–H groups in total. The van der Waals surface area contributed by atoms with Gasteiger partial charge >= 0.3 is 0 Å². The zero-order chi connectivity index (χ0) is 15.1. The SMILES string of the molecule is CN1C(=O)Cc2cc(C(O)c3ccc(F)c(F)c3)ccc21. The molecule has 0 aliphatic carbocycles. The van der Waals surface area contributed by atoms with Crippen molar-refractivity contribution in [2.45, 2.75) is 12.5 Å². The van der Waals surface area contributed by atoms with E-state index in [1.54, 1.807) is 30.1 Å². The Morgan fingerprint density at radius 3 is 2.48 bits per heavy atom. The van der Waals surface area contributed by atoms with E-state index in [0.717, 1.165) is 23.4 Å². The number of likely N-dealkylation sites (N-methyl/N-ethyl adjacent to an activating group) is 1. The number of carbonyl (C=O) groups excluding carboxylic acids is 1. The summed E-state index contributed by atoms with van der Waals surface area (Å²) in [7, 11) is 1.69. The summed E-state index contributed by atoms with van der Waals surface area (Å²) in [4.78, 5) is 13.2. The number of hydrogen-bond acceptors (Lipinski definition) is 2. The fourth-order valence-corrected chi connectivity index (χ4v) is 2.54. The Labute approximate surface area is 120 Å². The Bertz CT molecular complexity index is 730. The molecule has 0 saturated heterocycles. The molecule has 1 atom stereocenters. The maximum atomic E-state index is 13.2. The van der Waals surface area contributed by atoms with Crippen LogP contribution in [0.15, 0.2) is 36.4 Å². The Hall–Kier alpha value is -2.27. The lowest BCUT2D eigenvalue weighted by Gasteiger charge is -2.14. The van der Waals surface area contributed by atoms with Crippen LogP contribution in [0.1, 0.15) is 22.8 Å². The van der Waals surface area contributed by atoms with Crippen molar-refractivity contribution >= 4 is 11.6 Å². The molecule has 21 heavy (non-hydrogen) atoms. The summed E-state index contributed by atoms with van der Waals surface area (Å²) >= 11 is 0. The monoisotopic (exact) mass is 289 g/mol. The van der Waals surface area contributed by atoms with E-state index >= 15 is 0 Å². The van der Waals surface area contributed by atoms with Crippen molar-refractivity contribution in [3.05, 3.63) is 64.7 Å². The summed E-state index contributed by atoms with van der Waals surface area (Å²) in [5.41, 5.74) is 2.44. The summed E-state index contributed by atoms with van der Waals surface area (Å²) in [6, 6.07) is 8.46. The fourth-order valence-electron chi connectivity index (χ4n) is 2.54. The normalized spacial score (nSPS) is 15.2. The van der Waals surface area contributed by atoms with Gasteiger partial charge < -0.3 is 10.0 Å². The van der Waals surface area contributed by atoms with Crippen molar-refractivity contribution in [2.75, 3.05) is 11.9 Å². The second-order valence-electron chi connectivity index (χ2n) is 5.09. The number of aliphatic hydroxyl groups is 1. The zero-order valence-corrected chi connectivity index (χ0v) is 11.3. The number of carbonyl (C=O) groups is 1. The van der Waals surface area contributed by atoms with Gasteiger partial charge in [0, 0.05) is 12.7 Å². The third-order valence-electron chi connectivity index (χ3n) is 3.76. The van der Waals surface area contributed by atoms with Crippen molar-refractivity contribution < 1.29 is 18.7 Å². The van der Waals surface area contributed by atoms with E-state index < -0.39 is 17.7 Å². The van der Waals surface area contributed by atoms with Gasteiger partial charge in [0.15, 0.2) is 11.6 Å². The number of fused-ring (bicyclic) bond motifs is 1. The molecule has 0 radical (unpaired) electrons. The van der Waals surface area contributed by atoms with Crippen LogP contribution in [-0.4, -0.2) is 18.1 Å². The van der Waals surface area contributed by atoms with Crippen LogP contribution in [0.2, 0.25) is 0 Å². The molecular weight excluding hydrogens is 276 g/mol. The maximum absolute atomic E-state index is 13.2. The molecule has 0 saturated carbocycles. The largest absolute Gasteiger partial charge is 0.384 e. The molecule has 108 valence electrons. The minimum atomic E-state index is -1.06. The van der Waals surface area contributed by atoms with Gasteiger partial charge in [-0.3, -0.25) is 4.79 Å². The summed E-state index contributed by atoms with van der Waals surface area (Å²) < 4.78 is 26.2. The number of benzene rings is 2. The third kappa shape index (κ3) is 2.29. The van der Waals surface area contributed by atoms with Crippen molar-refractivity contribution in [1.82, 2.24) is 0 Å². The fraction of sp³-hybridized carbons (Fsp3) is 0.188. The first-order valence-corrected chi connectivity index (χ1v) is 6.50. The lowest BCUT2D eigenvalue weighted by atomic mass is 9.98. The Kier molecular flexibility index (Phi) is 3.22. The Morgan fingerprint density at radius 1 is 1.10 bits per heavy atom. The van der Waals surface area contributed by atoms with Gasteiger partial charge in [-0.25, -0.2) is 8.78 Å². The molecule has 1 unspecified atom stereocenters. The van der Waals surface area contributed by atoms with Gasteiger partial charge in [0.05, 0.1) is 6.42 Å². The van der Waals surface area contributed by atoms with Crippen LogP contribution in [0.4, 0.5) is 14.5 Å². The molecule has 3 rings (SSSR count). The molecule has 1 aliphatic rings. The van der Waals surface area contributed by atoms with E-state index in [-0.39, 0.29) is 17.9 Å². The van der Waals surface area contributed by atoms with Gasteiger partial charge in [-0.05, 0) is 34.9 Å². The van der Waals surface area contributed by atoms with Crippen LogP contribution in [-0.2, 0) is 11.2 Å². The van der Waals surface area contributed by atoms with Gasteiger partial charge in [0.2, 0.25) is 5.91 Å². The molecule has 1 aliphatic heterocycles. The van der Waals surface area contributed by atoms with Gasteiger partial charge in [-0.2, -0.15) is 0 Å². The molecule has 2 aromatic carbocycles. The summed E-state index contributed by atoms with van der Waals surface area (Å²) in [6.07, 6.45) is -0.782. The molecule has 3 nitrogen and oxygen atoms in total. The molecule has 1 heterocycles. The Morgan fingerprint density at radius 2 is 1.76 bits per heavy atom. The first-order valence-electron chi connectivity index (χ1n) is 6.50. The number of aliphatic hydroxyl groups excluding tert-OH is 1. The van der Waals surface area contributed by atoms with Crippen molar-refractivity contribution in [1.29, 1.82) is 0 Å². The highest BCUT2D eigenvalue weighted by atomic mass is 19.2. The first kappa shape index (κ1) is 13.7. The molecule has 0 fully saturated rings. The van der Waals surface area contributed by atoms with E-state index in [1.807, 2.05) is 0 Å². The molecule has 1 amide bonds. The number of nitrogens with zero attached hydrogens (tertiary/aromatic N) is 1. The predicted octanol–water partition coefficient (Wildman–Crippen LogP) is 2.57. The predicted molar refractivity (Wildman–Crippen MR) is 74.0 cm³/mol. The van der Waals surface area contributed by atoms with Crippen LogP contribution in [0.25, 0.3) is 0 Å². The van der Waals surface area contributed by atoms with Gasteiger partial charge in [0.1, 0.15) is 6.10 Å². The number of amides is 1. The third-order valence-corrected chi connectivity index (χ3v) is 3.76. The molecule has 2 aromatic rings. The van der Waals surface area contributed by atoms with Crippen molar-refractivity contribution in [3.63, 3.8) is 0 Å². The van der Waals surface area contributed by atoms with Crippen LogP contribution in [0.3, 0.4) is 0 Å². The summed E-state index contributed by atoms with van der Waals surface area (Å²) in [5.74, 6) is -1.96. The summed E-state index contributed by atoms with van der Waals surface area (Å²) in [5, 5.41) is 10.3. The van der Waals surface area contributed by atoms with Gasteiger partial charge in [0.25, 0.3) is 0 Å². The number of rotatable bonds is 2. The minimum Gasteiger partial charge on any atom is -0.384 e. The lowest BCUT2D eigenvalue weighted by Crippen LogP contribution is -2.20.